The monoisotopic (exact) mass is 175 g/mol. The van der Waals surface area contributed by atoms with Gasteiger partial charge in [-0.15, -0.1) is 0 Å². The first-order valence-corrected chi connectivity index (χ1v) is 5.14. The van der Waals surface area contributed by atoms with Crippen LogP contribution in [0.4, 0.5) is 0 Å². The molecule has 0 atom stereocenters. The molecule has 0 saturated carbocycles. The van der Waals surface area contributed by atoms with Gasteiger partial charge in [0.05, 0.1) is 5.54 Å². The lowest BCUT2D eigenvalue weighted by atomic mass is 9.92. The Hall–Kier alpha value is -0.850. The molecule has 0 radical (unpaired) electrons. The smallest absolute Gasteiger partial charge is 0.0734 e. The summed E-state index contributed by atoms with van der Waals surface area (Å²) in [5.41, 5.74) is 2.98. The highest BCUT2D eigenvalue weighted by atomic mass is 14.8. The first kappa shape index (κ1) is 8.74. The Bertz CT molecular complexity index is 264. The first-order chi connectivity index (χ1) is 6.17. The third-order valence-electron chi connectivity index (χ3n) is 2.80. The summed E-state index contributed by atoms with van der Waals surface area (Å²) >= 11 is 0. The SMILES string of the molecule is CC1(C)C=CC2=C(C=N1)CCCC2. The molecule has 0 aromatic rings. The fourth-order valence-corrected chi connectivity index (χ4v) is 1.88. The highest BCUT2D eigenvalue weighted by molar-refractivity contribution is 5.82. The van der Waals surface area contributed by atoms with Crippen molar-refractivity contribution in [3.05, 3.63) is 23.3 Å². The molecule has 1 heterocycles. The van der Waals surface area contributed by atoms with Crippen LogP contribution in [0, 0.1) is 0 Å². The molecule has 1 heteroatoms. The third-order valence-corrected chi connectivity index (χ3v) is 2.80. The lowest BCUT2D eigenvalue weighted by molar-refractivity contribution is 0.662. The van der Waals surface area contributed by atoms with Gasteiger partial charge in [-0.2, -0.15) is 0 Å². The average Bonchev–Trinajstić information content (AvgIpc) is 2.27. The number of rotatable bonds is 0. The predicted octanol–water partition coefficient (Wildman–Crippen LogP) is 3.28. The van der Waals surface area contributed by atoms with Crippen molar-refractivity contribution in [2.45, 2.75) is 45.1 Å². The first-order valence-electron chi connectivity index (χ1n) is 5.14. The molecule has 0 aromatic heterocycles. The van der Waals surface area contributed by atoms with Gasteiger partial charge in [-0.25, -0.2) is 0 Å². The van der Waals surface area contributed by atoms with Crippen molar-refractivity contribution in [3.8, 4) is 0 Å². The molecule has 70 valence electrons. The highest BCUT2D eigenvalue weighted by Gasteiger charge is 2.16. The lowest BCUT2D eigenvalue weighted by Crippen LogP contribution is -2.11. The molecule has 0 fully saturated rings. The molecule has 0 amide bonds. The molecule has 0 aromatic carbocycles. The summed E-state index contributed by atoms with van der Waals surface area (Å²) < 4.78 is 0. The van der Waals surface area contributed by atoms with Crippen molar-refractivity contribution in [2.75, 3.05) is 0 Å². The summed E-state index contributed by atoms with van der Waals surface area (Å²) in [6, 6.07) is 0. The molecule has 0 saturated heterocycles. The summed E-state index contributed by atoms with van der Waals surface area (Å²) in [6.45, 7) is 4.30. The van der Waals surface area contributed by atoms with E-state index in [2.05, 4.69) is 37.2 Å². The molecule has 2 rings (SSSR count). The van der Waals surface area contributed by atoms with Crippen LogP contribution in [0.15, 0.2) is 28.3 Å². The van der Waals surface area contributed by atoms with Crippen molar-refractivity contribution in [1.29, 1.82) is 0 Å². The second-order valence-electron chi connectivity index (χ2n) is 4.50. The number of aliphatic imine (C=N–C) groups is 1. The highest BCUT2D eigenvalue weighted by Crippen LogP contribution is 2.28. The number of nitrogens with zero attached hydrogens (tertiary/aromatic N) is 1. The molecule has 1 nitrogen and oxygen atoms in total. The zero-order valence-electron chi connectivity index (χ0n) is 8.51. The van der Waals surface area contributed by atoms with E-state index in [1.54, 1.807) is 0 Å². The van der Waals surface area contributed by atoms with Crippen molar-refractivity contribution in [2.24, 2.45) is 4.99 Å². The Morgan fingerprint density at radius 3 is 2.62 bits per heavy atom. The topological polar surface area (TPSA) is 12.4 Å². The van der Waals surface area contributed by atoms with Gasteiger partial charge in [-0.3, -0.25) is 4.99 Å². The van der Waals surface area contributed by atoms with Gasteiger partial charge in [0.15, 0.2) is 0 Å². The van der Waals surface area contributed by atoms with Gasteiger partial charge in [-0.1, -0.05) is 12.2 Å². The van der Waals surface area contributed by atoms with Gasteiger partial charge in [0.25, 0.3) is 0 Å². The van der Waals surface area contributed by atoms with Crippen LogP contribution in [-0.2, 0) is 0 Å². The van der Waals surface area contributed by atoms with Gasteiger partial charge in [-0.05, 0) is 50.7 Å². The molecule has 13 heavy (non-hydrogen) atoms. The van der Waals surface area contributed by atoms with Gasteiger partial charge in [0.1, 0.15) is 0 Å². The van der Waals surface area contributed by atoms with E-state index in [9.17, 15) is 0 Å². The van der Waals surface area contributed by atoms with E-state index < -0.39 is 0 Å². The van der Waals surface area contributed by atoms with Crippen molar-refractivity contribution in [3.63, 3.8) is 0 Å². The second-order valence-corrected chi connectivity index (χ2v) is 4.50. The Morgan fingerprint density at radius 1 is 1.15 bits per heavy atom. The Balaban J connectivity index is 2.32. The second kappa shape index (κ2) is 3.13. The number of allylic oxidation sites excluding steroid dienone is 3. The minimum absolute atomic E-state index is 0.00264. The standard InChI is InChI=1S/C12H17N/c1-12(2)8-7-10-5-3-4-6-11(10)9-13-12/h7-9H,3-6H2,1-2H3. The molecular formula is C12H17N. The molecular weight excluding hydrogens is 158 g/mol. The molecule has 0 bridgehead atoms. The fraction of sp³-hybridized carbons (Fsp3) is 0.583. The predicted molar refractivity (Wildman–Crippen MR) is 57.2 cm³/mol. The van der Waals surface area contributed by atoms with E-state index in [0.29, 0.717) is 0 Å². The minimum Gasteiger partial charge on any atom is -0.283 e. The largest absolute Gasteiger partial charge is 0.283 e. The molecule has 0 spiro atoms. The van der Waals surface area contributed by atoms with E-state index in [0.717, 1.165) is 0 Å². The summed E-state index contributed by atoms with van der Waals surface area (Å²) in [5, 5.41) is 0. The maximum Gasteiger partial charge on any atom is 0.0734 e. The van der Waals surface area contributed by atoms with Crippen LogP contribution >= 0.6 is 0 Å². The van der Waals surface area contributed by atoms with Crippen LogP contribution in [0.25, 0.3) is 0 Å². The van der Waals surface area contributed by atoms with Crippen LogP contribution in [-0.4, -0.2) is 11.8 Å². The molecule has 0 N–H and O–H groups in total. The van der Waals surface area contributed by atoms with Crippen molar-refractivity contribution < 1.29 is 0 Å². The molecule has 1 aliphatic heterocycles. The Labute approximate surface area is 80.3 Å². The van der Waals surface area contributed by atoms with E-state index in [-0.39, 0.29) is 5.54 Å². The molecule has 2 aliphatic rings. The van der Waals surface area contributed by atoms with Crippen LogP contribution in [0.5, 0.6) is 0 Å². The van der Waals surface area contributed by atoms with Gasteiger partial charge in [0, 0.05) is 6.21 Å². The maximum absolute atomic E-state index is 4.57. The summed E-state index contributed by atoms with van der Waals surface area (Å²) in [5.74, 6) is 0. The molecule has 0 unspecified atom stereocenters. The summed E-state index contributed by atoms with van der Waals surface area (Å²) in [7, 11) is 0. The van der Waals surface area contributed by atoms with E-state index in [4.69, 9.17) is 0 Å². The quantitative estimate of drug-likeness (QED) is 0.536. The van der Waals surface area contributed by atoms with E-state index in [1.807, 2.05) is 0 Å². The van der Waals surface area contributed by atoms with Crippen LogP contribution in [0.1, 0.15) is 39.5 Å². The van der Waals surface area contributed by atoms with Gasteiger partial charge < -0.3 is 0 Å². The van der Waals surface area contributed by atoms with Crippen LogP contribution in [0.2, 0.25) is 0 Å². The average molecular weight is 175 g/mol. The maximum atomic E-state index is 4.57. The fourth-order valence-electron chi connectivity index (χ4n) is 1.88. The van der Waals surface area contributed by atoms with E-state index in [1.165, 1.54) is 36.8 Å². The van der Waals surface area contributed by atoms with Crippen LogP contribution in [0.3, 0.4) is 0 Å². The number of hydrogen-bond donors (Lipinski definition) is 0. The van der Waals surface area contributed by atoms with Crippen LogP contribution < -0.4 is 0 Å². The van der Waals surface area contributed by atoms with E-state index >= 15 is 0 Å². The van der Waals surface area contributed by atoms with Gasteiger partial charge >= 0.3 is 0 Å². The van der Waals surface area contributed by atoms with Crippen molar-refractivity contribution >= 4 is 6.21 Å². The number of hydrogen-bond acceptors (Lipinski definition) is 1. The Kier molecular flexibility index (Phi) is 2.10. The summed E-state index contributed by atoms with van der Waals surface area (Å²) in [6.07, 6.45) is 11.7. The lowest BCUT2D eigenvalue weighted by Gasteiger charge is -2.13. The Morgan fingerprint density at radius 2 is 1.85 bits per heavy atom. The zero-order valence-corrected chi connectivity index (χ0v) is 8.51. The zero-order chi connectivity index (χ0) is 9.31. The van der Waals surface area contributed by atoms with Gasteiger partial charge in [0.2, 0.25) is 0 Å². The normalized spacial score (nSPS) is 25.7. The van der Waals surface area contributed by atoms with Crippen molar-refractivity contribution in [1.82, 2.24) is 0 Å². The summed E-state index contributed by atoms with van der Waals surface area (Å²) in [4.78, 5) is 4.57. The molecule has 1 aliphatic carbocycles. The third kappa shape index (κ3) is 1.90. The minimum atomic E-state index is -0.00264.